The Balaban J connectivity index is 1.32. The van der Waals surface area contributed by atoms with Gasteiger partial charge in [0.05, 0.1) is 23.9 Å². The average Bonchev–Trinajstić information content (AvgIpc) is 2.85. The van der Waals surface area contributed by atoms with Crippen LogP contribution in [-0.4, -0.2) is 64.8 Å². The van der Waals surface area contributed by atoms with Crippen LogP contribution in [0, 0.1) is 5.95 Å². The van der Waals surface area contributed by atoms with E-state index in [4.69, 9.17) is 4.74 Å². The molecule has 0 spiro atoms. The summed E-state index contributed by atoms with van der Waals surface area (Å²) in [6.45, 7) is 5.08. The summed E-state index contributed by atoms with van der Waals surface area (Å²) in [4.78, 5) is 15.5. The van der Waals surface area contributed by atoms with Crippen LogP contribution in [0.1, 0.15) is 32.6 Å². The number of hydrogen-bond donors (Lipinski definition) is 2. The van der Waals surface area contributed by atoms with Crippen molar-refractivity contribution in [3.8, 4) is 11.1 Å². The van der Waals surface area contributed by atoms with E-state index >= 15 is 0 Å². The number of rotatable bonds is 5. The molecule has 174 valence electrons. The molecule has 7 nitrogen and oxygen atoms in total. The summed E-state index contributed by atoms with van der Waals surface area (Å²) >= 11 is 0. The number of fused-ring (bicyclic) bond motifs is 1. The third-order valence-corrected chi connectivity index (χ3v) is 6.90. The Bertz CT molecular complexity index is 1120. The minimum absolute atomic E-state index is 0.330. The summed E-state index contributed by atoms with van der Waals surface area (Å²) in [6.07, 6.45) is 8.12. The van der Waals surface area contributed by atoms with E-state index in [0.717, 1.165) is 60.4 Å². The Kier molecular flexibility index (Phi) is 6.37. The number of morpholine rings is 1. The van der Waals surface area contributed by atoms with Gasteiger partial charge in [-0.15, -0.1) is 0 Å². The Morgan fingerprint density at radius 1 is 1.06 bits per heavy atom. The highest BCUT2D eigenvalue weighted by atomic mass is 19.1. The van der Waals surface area contributed by atoms with Crippen molar-refractivity contribution in [1.82, 2.24) is 19.9 Å². The van der Waals surface area contributed by atoms with E-state index in [-0.39, 0.29) is 0 Å². The number of pyridine rings is 1. The molecule has 3 heterocycles. The number of nitrogens with zero attached hydrogens (tertiary/aromatic N) is 4. The van der Waals surface area contributed by atoms with Gasteiger partial charge in [-0.3, -0.25) is 4.90 Å². The average molecular weight is 451 g/mol. The zero-order chi connectivity index (χ0) is 22.8. The van der Waals surface area contributed by atoms with Crippen LogP contribution in [0.25, 0.3) is 22.0 Å². The van der Waals surface area contributed by atoms with Crippen molar-refractivity contribution in [2.24, 2.45) is 0 Å². The summed E-state index contributed by atoms with van der Waals surface area (Å²) in [5.74, 6) is 0.351. The number of halogens is 1. The molecule has 1 atom stereocenters. The summed E-state index contributed by atoms with van der Waals surface area (Å²) in [6, 6.07) is 8.85. The molecule has 0 unspecified atom stereocenters. The van der Waals surface area contributed by atoms with Gasteiger partial charge in [-0.2, -0.15) is 4.39 Å². The summed E-state index contributed by atoms with van der Waals surface area (Å²) in [5, 5.41) is 7.50. The number of ether oxygens (including phenoxy) is 1. The van der Waals surface area contributed by atoms with E-state index in [9.17, 15) is 4.39 Å². The molecule has 8 heteroatoms. The third-order valence-electron chi connectivity index (χ3n) is 6.90. The molecule has 0 radical (unpaired) electrons. The van der Waals surface area contributed by atoms with Crippen molar-refractivity contribution in [3.05, 3.63) is 42.7 Å². The monoisotopic (exact) mass is 450 g/mol. The van der Waals surface area contributed by atoms with Crippen LogP contribution >= 0.6 is 0 Å². The predicted octanol–water partition coefficient (Wildman–Crippen LogP) is 4.32. The van der Waals surface area contributed by atoms with Crippen LogP contribution < -0.4 is 10.6 Å². The number of benzene rings is 1. The van der Waals surface area contributed by atoms with Crippen molar-refractivity contribution >= 4 is 22.4 Å². The Morgan fingerprint density at radius 2 is 1.91 bits per heavy atom. The summed E-state index contributed by atoms with van der Waals surface area (Å²) < 4.78 is 19.5. The van der Waals surface area contributed by atoms with Gasteiger partial charge in [-0.1, -0.05) is 6.07 Å². The molecule has 33 heavy (non-hydrogen) atoms. The second kappa shape index (κ2) is 9.57. The summed E-state index contributed by atoms with van der Waals surface area (Å²) in [7, 11) is 1.69. The number of hydrogen-bond acceptors (Lipinski definition) is 7. The molecule has 2 fully saturated rings. The zero-order valence-electron chi connectivity index (χ0n) is 19.2. The Morgan fingerprint density at radius 3 is 2.70 bits per heavy atom. The first-order valence-electron chi connectivity index (χ1n) is 11.8. The number of anilines is 2. The van der Waals surface area contributed by atoms with E-state index in [1.54, 1.807) is 25.6 Å². The molecule has 3 aromatic rings. The van der Waals surface area contributed by atoms with Crippen molar-refractivity contribution in [2.75, 3.05) is 37.4 Å². The molecular weight excluding hydrogens is 419 g/mol. The lowest BCUT2D eigenvalue weighted by Crippen LogP contribution is -2.48. The maximum absolute atomic E-state index is 13.8. The molecule has 2 aliphatic rings. The van der Waals surface area contributed by atoms with Gasteiger partial charge in [0.1, 0.15) is 12.1 Å². The van der Waals surface area contributed by atoms with E-state index in [2.05, 4.69) is 43.5 Å². The molecule has 2 N–H and O–H groups in total. The fourth-order valence-corrected chi connectivity index (χ4v) is 5.09. The van der Waals surface area contributed by atoms with Gasteiger partial charge in [0.25, 0.3) is 0 Å². The van der Waals surface area contributed by atoms with Gasteiger partial charge in [0, 0.05) is 49.4 Å². The van der Waals surface area contributed by atoms with Gasteiger partial charge in [-0.05, 0) is 56.4 Å². The highest BCUT2D eigenvalue weighted by Crippen LogP contribution is 2.31. The first-order chi connectivity index (χ1) is 16.1. The van der Waals surface area contributed by atoms with Crippen molar-refractivity contribution < 1.29 is 9.13 Å². The van der Waals surface area contributed by atoms with E-state index in [1.807, 2.05) is 12.1 Å². The lowest BCUT2D eigenvalue weighted by molar-refractivity contribution is -0.0396. The van der Waals surface area contributed by atoms with Crippen molar-refractivity contribution in [3.63, 3.8) is 0 Å². The summed E-state index contributed by atoms with van der Waals surface area (Å²) in [5.41, 5.74) is 3.06. The topological polar surface area (TPSA) is 75.2 Å². The van der Waals surface area contributed by atoms with Crippen molar-refractivity contribution in [2.45, 2.75) is 50.8 Å². The SMILES string of the molecule is CNc1cc(-c2ccc3ncnc(N[C@H]4CC[C@H](N5CCO[C@@H](C)C5)CC4)c3c2)cnc1F. The fraction of sp³-hybridized carbons (Fsp3) is 0.480. The zero-order valence-corrected chi connectivity index (χ0v) is 19.2. The molecule has 5 rings (SSSR count). The van der Waals surface area contributed by atoms with Gasteiger partial charge >= 0.3 is 0 Å². The maximum atomic E-state index is 13.8. The first kappa shape index (κ1) is 22.0. The smallest absolute Gasteiger partial charge is 0.236 e. The van der Waals surface area contributed by atoms with Crippen LogP contribution in [-0.2, 0) is 4.74 Å². The highest BCUT2D eigenvalue weighted by molar-refractivity contribution is 5.92. The predicted molar refractivity (Wildman–Crippen MR) is 129 cm³/mol. The Hall–Kier alpha value is -2.84. The second-order valence-electron chi connectivity index (χ2n) is 9.09. The van der Waals surface area contributed by atoms with Gasteiger partial charge in [0.2, 0.25) is 5.95 Å². The van der Waals surface area contributed by atoms with Crippen LogP contribution in [0.15, 0.2) is 36.8 Å². The fourth-order valence-electron chi connectivity index (χ4n) is 5.09. The Labute approximate surface area is 193 Å². The molecule has 1 aromatic carbocycles. The molecule has 2 aromatic heterocycles. The van der Waals surface area contributed by atoms with E-state index < -0.39 is 5.95 Å². The second-order valence-corrected chi connectivity index (χ2v) is 9.09. The lowest BCUT2D eigenvalue weighted by Gasteiger charge is -2.40. The van der Waals surface area contributed by atoms with E-state index in [0.29, 0.717) is 23.9 Å². The lowest BCUT2D eigenvalue weighted by atomic mass is 9.89. The third kappa shape index (κ3) is 4.77. The molecule has 1 saturated heterocycles. The van der Waals surface area contributed by atoms with Crippen LogP contribution in [0.5, 0.6) is 0 Å². The number of aromatic nitrogens is 3. The van der Waals surface area contributed by atoms with Crippen molar-refractivity contribution in [1.29, 1.82) is 0 Å². The van der Waals surface area contributed by atoms with Crippen LogP contribution in [0.3, 0.4) is 0 Å². The number of nitrogens with one attached hydrogen (secondary N) is 2. The quantitative estimate of drug-likeness (QED) is 0.561. The largest absolute Gasteiger partial charge is 0.384 e. The van der Waals surface area contributed by atoms with Crippen LogP contribution in [0.4, 0.5) is 15.9 Å². The normalized spacial score (nSPS) is 24.0. The molecule has 1 aliphatic heterocycles. The molecule has 0 bridgehead atoms. The minimum Gasteiger partial charge on any atom is -0.384 e. The molecular formula is C25H31FN6O. The minimum atomic E-state index is -0.505. The molecule has 1 saturated carbocycles. The van der Waals surface area contributed by atoms with Gasteiger partial charge in [-0.25, -0.2) is 15.0 Å². The molecule has 1 aliphatic carbocycles. The van der Waals surface area contributed by atoms with E-state index in [1.165, 1.54) is 12.8 Å². The molecule has 0 amide bonds. The standard InChI is InChI=1S/C25H31FN6O/c1-16-14-32(9-10-33-16)20-6-4-19(5-7-20)31-25-21-11-17(3-8-22(21)29-15-30-25)18-12-23(27-2)24(26)28-13-18/h3,8,11-13,15-16,19-20,27H,4-7,9-10,14H2,1-2H3,(H,29,30,31)/t16-,19-,20-/m0/s1. The highest BCUT2D eigenvalue weighted by Gasteiger charge is 2.29. The van der Waals surface area contributed by atoms with Gasteiger partial charge in [0.15, 0.2) is 0 Å². The van der Waals surface area contributed by atoms with Gasteiger partial charge < -0.3 is 15.4 Å². The first-order valence-corrected chi connectivity index (χ1v) is 11.8. The maximum Gasteiger partial charge on any atom is 0.236 e. The van der Waals surface area contributed by atoms with Crippen LogP contribution in [0.2, 0.25) is 0 Å².